The summed E-state index contributed by atoms with van der Waals surface area (Å²) in [6.07, 6.45) is 0.860. The lowest BCUT2D eigenvalue weighted by Gasteiger charge is -2.12. The van der Waals surface area contributed by atoms with Crippen LogP contribution in [0, 0.1) is 13.8 Å². The standard InChI is InChI=1S/C20H29N5O2S/c1-6-21-20(22-10-9-19-24-13(2)14(3)28-19)23-12-16-7-8-18(27-5)17(11-16)25-15(4)26/h7-8,11H,6,9-10,12H2,1-5H3,(H,25,26)(H2,21,22,23). The highest BCUT2D eigenvalue weighted by atomic mass is 32.1. The number of aryl methyl sites for hydroxylation is 2. The number of anilines is 1. The Balaban J connectivity index is 2.00. The number of benzene rings is 1. The second-order valence-electron chi connectivity index (χ2n) is 6.34. The molecule has 8 heteroatoms. The van der Waals surface area contributed by atoms with Gasteiger partial charge in [0.1, 0.15) is 5.75 Å². The molecule has 0 spiro atoms. The monoisotopic (exact) mass is 403 g/mol. The molecular formula is C20H29N5O2S. The van der Waals surface area contributed by atoms with Gasteiger partial charge in [-0.1, -0.05) is 6.07 Å². The first-order valence-corrected chi connectivity index (χ1v) is 10.1. The number of thiazole rings is 1. The molecule has 0 saturated carbocycles. The van der Waals surface area contributed by atoms with Crippen molar-refractivity contribution in [3.63, 3.8) is 0 Å². The zero-order chi connectivity index (χ0) is 20.5. The summed E-state index contributed by atoms with van der Waals surface area (Å²) in [5, 5.41) is 10.5. The van der Waals surface area contributed by atoms with Gasteiger partial charge in [0.2, 0.25) is 5.91 Å². The minimum absolute atomic E-state index is 0.137. The van der Waals surface area contributed by atoms with E-state index in [1.165, 1.54) is 11.8 Å². The highest BCUT2D eigenvalue weighted by Gasteiger charge is 2.07. The molecule has 2 aromatic rings. The van der Waals surface area contributed by atoms with E-state index in [0.717, 1.165) is 41.7 Å². The fourth-order valence-corrected chi connectivity index (χ4v) is 3.52. The largest absolute Gasteiger partial charge is 0.495 e. The molecule has 1 heterocycles. The molecular weight excluding hydrogens is 374 g/mol. The number of amides is 1. The Morgan fingerprint density at radius 3 is 2.68 bits per heavy atom. The Hall–Kier alpha value is -2.61. The van der Waals surface area contributed by atoms with E-state index < -0.39 is 0 Å². The van der Waals surface area contributed by atoms with Crippen LogP contribution in [0.4, 0.5) is 5.69 Å². The third-order valence-electron chi connectivity index (χ3n) is 4.04. The molecule has 3 N–H and O–H groups in total. The van der Waals surface area contributed by atoms with Crippen molar-refractivity contribution in [1.29, 1.82) is 0 Å². The van der Waals surface area contributed by atoms with Gasteiger partial charge < -0.3 is 20.7 Å². The Morgan fingerprint density at radius 2 is 2.07 bits per heavy atom. The van der Waals surface area contributed by atoms with E-state index in [1.807, 2.05) is 32.0 Å². The first-order valence-electron chi connectivity index (χ1n) is 9.32. The lowest BCUT2D eigenvalue weighted by atomic mass is 10.2. The summed E-state index contributed by atoms with van der Waals surface area (Å²) in [5.41, 5.74) is 2.73. The smallest absolute Gasteiger partial charge is 0.221 e. The fraction of sp³-hybridized carbons (Fsp3) is 0.450. The van der Waals surface area contributed by atoms with Gasteiger partial charge >= 0.3 is 0 Å². The van der Waals surface area contributed by atoms with Crippen LogP contribution in [0.5, 0.6) is 5.75 Å². The Labute approximate surface area is 170 Å². The van der Waals surface area contributed by atoms with Crippen LogP contribution in [0.15, 0.2) is 23.2 Å². The minimum atomic E-state index is -0.137. The highest BCUT2D eigenvalue weighted by Crippen LogP contribution is 2.25. The third kappa shape index (κ3) is 6.53. The number of aliphatic imine (C=N–C) groups is 1. The number of methoxy groups -OCH3 is 1. The molecule has 0 fully saturated rings. The Morgan fingerprint density at radius 1 is 1.29 bits per heavy atom. The van der Waals surface area contributed by atoms with Crippen LogP contribution in [0.25, 0.3) is 0 Å². The topological polar surface area (TPSA) is 87.6 Å². The number of guanidine groups is 1. The zero-order valence-electron chi connectivity index (χ0n) is 17.2. The molecule has 28 heavy (non-hydrogen) atoms. The van der Waals surface area contributed by atoms with Gasteiger partial charge in [-0.2, -0.15) is 0 Å². The van der Waals surface area contributed by atoms with Crippen LogP contribution in [0.2, 0.25) is 0 Å². The van der Waals surface area contributed by atoms with E-state index in [0.29, 0.717) is 18.0 Å². The van der Waals surface area contributed by atoms with E-state index in [9.17, 15) is 4.79 Å². The van der Waals surface area contributed by atoms with E-state index in [-0.39, 0.29) is 5.91 Å². The zero-order valence-corrected chi connectivity index (χ0v) is 18.0. The minimum Gasteiger partial charge on any atom is -0.495 e. The molecule has 0 bridgehead atoms. The second kappa shape index (κ2) is 10.7. The maximum Gasteiger partial charge on any atom is 0.221 e. The molecule has 1 amide bonds. The molecule has 152 valence electrons. The Bertz CT molecular complexity index is 812. The first-order chi connectivity index (χ1) is 13.4. The van der Waals surface area contributed by atoms with E-state index in [4.69, 9.17) is 4.74 Å². The van der Waals surface area contributed by atoms with Crippen LogP contribution in [-0.2, 0) is 17.8 Å². The molecule has 1 aromatic carbocycles. The average molecular weight is 404 g/mol. The summed E-state index contributed by atoms with van der Waals surface area (Å²) in [7, 11) is 1.58. The summed E-state index contributed by atoms with van der Waals surface area (Å²) in [6.45, 7) is 9.67. The molecule has 0 unspecified atom stereocenters. The van der Waals surface area contributed by atoms with Gasteiger partial charge in [0, 0.05) is 31.3 Å². The molecule has 7 nitrogen and oxygen atoms in total. The second-order valence-corrected chi connectivity index (χ2v) is 7.62. The van der Waals surface area contributed by atoms with Gasteiger partial charge in [-0.25, -0.2) is 9.98 Å². The highest BCUT2D eigenvalue weighted by molar-refractivity contribution is 7.11. The van der Waals surface area contributed by atoms with E-state index >= 15 is 0 Å². The van der Waals surface area contributed by atoms with Gasteiger partial charge in [0.15, 0.2) is 5.96 Å². The predicted octanol–water partition coefficient (Wildman–Crippen LogP) is 3.02. The lowest BCUT2D eigenvalue weighted by molar-refractivity contribution is -0.114. The summed E-state index contributed by atoms with van der Waals surface area (Å²) in [6, 6.07) is 5.66. The van der Waals surface area contributed by atoms with Crippen molar-refractivity contribution in [3.05, 3.63) is 39.3 Å². The number of carbonyl (C=O) groups is 1. The molecule has 0 aliphatic rings. The van der Waals surface area contributed by atoms with Crippen LogP contribution in [-0.4, -0.2) is 37.1 Å². The van der Waals surface area contributed by atoms with Gasteiger partial charge in [-0.15, -0.1) is 11.3 Å². The summed E-state index contributed by atoms with van der Waals surface area (Å²) < 4.78 is 5.29. The number of hydrogen-bond donors (Lipinski definition) is 3. The van der Waals surface area contributed by atoms with Crippen molar-refractivity contribution in [2.75, 3.05) is 25.5 Å². The molecule has 0 aliphatic heterocycles. The van der Waals surface area contributed by atoms with Crippen molar-refractivity contribution >= 4 is 28.9 Å². The van der Waals surface area contributed by atoms with Crippen molar-refractivity contribution in [2.45, 2.75) is 40.7 Å². The van der Waals surface area contributed by atoms with Crippen molar-refractivity contribution in [3.8, 4) is 5.75 Å². The van der Waals surface area contributed by atoms with Crippen LogP contribution >= 0.6 is 11.3 Å². The number of nitrogens with zero attached hydrogens (tertiary/aromatic N) is 2. The first kappa shape index (κ1) is 21.7. The van der Waals surface area contributed by atoms with Gasteiger partial charge in [-0.3, -0.25) is 4.79 Å². The maximum absolute atomic E-state index is 11.4. The number of hydrogen-bond acceptors (Lipinski definition) is 5. The van der Waals surface area contributed by atoms with E-state index in [1.54, 1.807) is 18.4 Å². The quantitative estimate of drug-likeness (QED) is 0.466. The molecule has 0 atom stereocenters. The molecule has 1 aromatic heterocycles. The lowest BCUT2D eigenvalue weighted by Crippen LogP contribution is -2.38. The number of ether oxygens (including phenoxy) is 1. The summed E-state index contributed by atoms with van der Waals surface area (Å²) in [4.78, 5) is 21.9. The maximum atomic E-state index is 11.4. The summed E-state index contributed by atoms with van der Waals surface area (Å²) >= 11 is 1.74. The number of carbonyl (C=O) groups excluding carboxylic acids is 1. The summed E-state index contributed by atoms with van der Waals surface area (Å²) in [5.74, 6) is 1.24. The van der Waals surface area contributed by atoms with Crippen molar-refractivity contribution in [1.82, 2.24) is 15.6 Å². The third-order valence-corrected chi connectivity index (χ3v) is 5.18. The molecule has 2 rings (SSSR count). The average Bonchev–Trinajstić information content (AvgIpc) is 2.97. The molecule has 0 radical (unpaired) electrons. The van der Waals surface area contributed by atoms with Crippen LogP contribution in [0.1, 0.15) is 35.0 Å². The normalized spacial score (nSPS) is 11.2. The molecule has 0 saturated heterocycles. The van der Waals surface area contributed by atoms with E-state index in [2.05, 4.69) is 32.9 Å². The van der Waals surface area contributed by atoms with Crippen molar-refractivity contribution in [2.24, 2.45) is 4.99 Å². The SMILES string of the molecule is CCNC(=NCc1ccc(OC)c(NC(C)=O)c1)NCCc1nc(C)c(C)s1. The Kier molecular flexibility index (Phi) is 8.25. The van der Waals surface area contributed by atoms with Crippen LogP contribution in [0.3, 0.4) is 0 Å². The van der Waals surface area contributed by atoms with Gasteiger partial charge in [0.05, 0.1) is 30.0 Å². The van der Waals surface area contributed by atoms with Gasteiger partial charge in [0.25, 0.3) is 0 Å². The fourth-order valence-electron chi connectivity index (χ4n) is 2.59. The number of nitrogens with one attached hydrogen (secondary N) is 3. The van der Waals surface area contributed by atoms with Gasteiger partial charge in [-0.05, 0) is 38.5 Å². The molecule has 0 aliphatic carbocycles. The number of aromatic nitrogens is 1. The van der Waals surface area contributed by atoms with Crippen molar-refractivity contribution < 1.29 is 9.53 Å². The number of rotatable bonds is 8. The predicted molar refractivity (Wildman–Crippen MR) is 115 cm³/mol. The van der Waals surface area contributed by atoms with Crippen LogP contribution < -0.4 is 20.7 Å².